The summed E-state index contributed by atoms with van der Waals surface area (Å²) in [4.78, 5) is 36.6. The minimum Gasteiger partial charge on any atom is -0.477 e. The second kappa shape index (κ2) is 7.78. The minimum absolute atomic E-state index is 0.0319. The van der Waals surface area contributed by atoms with E-state index in [1.165, 1.54) is 16.7 Å². The third-order valence-electron chi connectivity index (χ3n) is 5.68. The van der Waals surface area contributed by atoms with Crippen molar-refractivity contribution in [1.29, 1.82) is 0 Å². The quantitative estimate of drug-likeness (QED) is 0.250. The van der Waals surface area contributed by atoms with Crippen LogP contribution >= 0.6 is 11.8 Å². The van der Waals surface area contributed by atoms with Gasteiger partial charge in [0.05, 0.1) is 18.1 Å². The van der Waals surface area contributed by atoms with Crippen LogP contribution in [-0.2, 0) is 14.4 Å². The standard InChI is InChI=1S/C17H26N4O5S/c1-7-13-12(8(2)23)16(24)21(13)14(17(25)26)15(7)27-9-3-11(20-4-9)10(18)5-19-6-22/h6-13,20,23H,3-5,18H2,1-2H3,(H,19,22)(H,25,26)/t7-,8-,9+,10?,11+,12-,13-/m1/s1. The molecule has 2 fully saturated rings. The number of carboxylic acids is 1. The molecule has 2 amide bonds. The molecule has 0 bridgehead atoms. The summed E-state index contributed by atoms with van der Waals surface area (Å²) in [7, 11) is 0. The molecule has 2 saturated heterocycles. The van der Waals surface area contributed by atoms with Gasteiger partial charge >= 0.3 is 5.97 Å². The number of hydrogen-bond acceptors (Lipinski definition) is 7. The van der Waals surface area contributed by atoms with Gasteiger partial charge in [-0.3, -0.25) is 9.59 Å². The maximum atomic E-state index is 12.4. The van der Waals surface area contributed by atoms with E-state index in [4.69, 9.17) is 5.73 Å². The maximum absolute atomic E-state index is 12.4. The number of nitrogens with two attached hydrogens (primary N) is 1. The number of β-lactam (4-membered cyclic amide) rings is 1. The first-order valence-electron chi connectivity index (χ1n) is 9.09. The van der Waals surface area contributed by atoms with Crippen LogP contribution in [0, 0.1) is 11.8 Å². The van der Waals surface area contributed by atoms with Crippen molar-refractivity contribution in [3.05, 3.63) is 10.6 Å². The number of amides is 2. The molecule has 3 heterocycles. The van der Waals surface area contributed by atoms with Crippen molar-refractivity contribution in [3.63, 3.8) is 0 Å². The van der Waals surface area contributed by atoms with Crippen molar-refractivity contribution in [2.75, 3.05) is 13.1 Å². The molecule has 7 atom stereocenters. The fourth-order valence-electron chi connectivity index (χ4n) is 4.33. The monoisotopic (exact) mass is 398 g/mol. The lowest BCUT2D eigenvalue weighted by Crippen LogP contribution is -2.63. The molecule has 150 valence electrons. The van der Waals surface area contributed by atoms with Crippen LogP contribution in [0.3, 0.4) is 0 Å². The highest BCUT2D eigenvalue weighted by molar-refractivity contribution is 8.03. The summed E-state index contributed by atoms with van der Waals surface area (Å²) >= 11 is 1.48. The van der Waals surface area contributed by atoms with Gasteiger partial charge in [0, 0.05) is 41.2 Å². The van der Waals surface area contributed by atoms with Crippen LogP contribution in [0.15, 0.2) is 10.6 Å². The largest absolute Gasteiger partial charge is 0.477 e. The number of aliphatic hydroxyl groups is 1. The number of rotatable bonds is 8. The summed E-state index contributed by atoms with van der Waals surface area (Å²) in [6.07, 6.45) is 0.556. The fraction of sp³-hybridized carbons (Fsp3) is 0.706. The van der Waals surface area contributed by atoms with Crippen molar-refractivity contribution in [3.8, 4) is 0 Å². The van der Waals surface area contributed by atoms with E-state index in [1.807, 2.05) is 6.92 Å². The lowest BCUT2D eigenvalue weighted by Gasteiger charge is -2.46. The summed E-state index contributed by atoms with van der Waals surface area (Å²) in [6.45, 7) is 4.53. The predicted octanol–water partition coefficient (Wildman–Crippen LogP) is -1.32. The Morgan fingerprint density at radius 3 is 2.85 bits per heavy atom. The first-order chi connectivity index (χ1) is 12.8. The number of nitrogens with one attached hydrogen (secondary N) is 2. The number of carboxylic acid groups (broad SMARTS) is 1. The zero-order valence-electron chi connectivity index (χ0n) is 15.3. The van der Waals surface area contributed by atoms with Gasteiger partial charge in [-0.1, -0.05) is 6.92 Å². The topological polar surface area (TPSA) is 145 Å². The normalized spacial score (nSPS) is 34.9. The molecule has 0 spiro atoms. The summed E-state index contributed by atoms with van der Waals surface area (Å²) in [6, 6.07) is -0.490. The smallest absolute Gasteiger partial charge is 0.353 e. The van der Waals surface area contributed by atoms with Crippen LogP contribution in [-0.4, -0.2) is 76.0 Å². The van der Waals surface area contributed by atoms with Gasteiger partial charge in [0.25, 0.3) is 0 Å². The van der Waals surface area contributed by atoms with Gasteiger partial charge in [0.1, 0.15) is 5.70 Å². The molecule has 0 aromatic rings. The van der Waals surface area contributed by atoms with Crippen molar-refractivity contribution >= 4 is 30.0 Å². The minimum atomic E-state index is -1.11. The van der Waals surface area contributed by atoms with E-state index in [0.717, 1.165) is 6.42 Å². The van der Waals surface area contributed by atoms with Crippen LogP contribution in [0.4, 0.5) is 0 Å². The molecule has 0 radical (unpaired) electrons. The molecule has 6 N–H and O–H groups in total. The Kier molecular flexibility index (Phi) is 5.80. The van der Waals surface area contributed by atoms with E-state index in [9.17, 15) is 24.6 Å². The summed E-state index contributed by atoms with van der Waals surface area (Å²) in [5.41, 5.74) is 6.13. The van der Waals surface area contributed by atoms with E-state index in [-0.39, 0.29) is 40.9 Å². The Hall–Kier alpha value is -1.62. The Bertz CT molecular complexity index is 670. The molecule has 3 aliphatic heterocycles. The van der Waals surface area contributed by atoms with Gasteiger partial charge in [-0.15, -0.1) is 11.8 Å². The molecule has 9 nitrogen and oxygen atoms in total. The fourth-order valence-corrected chi connectivity index (χ4v) is 5.83. The van der Waals surface area contributed by atoms with Crippen molar-refractivity contribution in [1.82, 2.24) is 15.5 Å². The number of aliphatic carboxylic acids is 1. The van der Waals surface area contributed by atoms with Gasteiger partial charge in [0.15, 0.2) is 0 Å². The zero-order chi connectivity index (χ0) is 19.9. The van der Waals surface area contributed by atoms with Gasteiger partial charge in [-0.25, -0.2) is 4.79 Å². The molecule has 0 saturated carbocycles. The molecule has 0 aromatic carbocycles. The molecular weight excluding hydrogens is 372 g/mol. The molecule has 3 rings (SSSR count). The van der Waals surface area contributed by atoms with Crippen molar-refractivity contribution < 1.29 is 24.6 Å². The number of nitrogens with zero attached hydrogens (tertiary/aromatic N) is 1. The number of carbonyl (C=O) groups is 3. The van der Waals surface area contributed by atoms with Gasteiger partial charge in [-0.2, -0.15) is 0 Å². The molecule has 1 unspecified atom stereocenters. The highest BCUT2D eigenvalue weighted by atomic mass is 32.2. The van der Waals surface area contributed by atoms with Crippen molar-refractivity contribution in [2.24, 2.45) is 17.6 Å². The third kappa shape index (κ3) is 3.46. The van der Waals surface area contributed by atoms with E-state index < -0.39 is 18.0 Å². The number of carbonyl (C=O) groups excluding carboxylic acids is 2. The third-order valence-corrected chi connectivity index (χ3v) is 7.19. The Balaban J connectivity index is 1.72. The van der Waals surface area contributed by atoms with E-state index >= 15 is 0 Å². The molecule has 10 heteroatoms. The van der Waals surface area contributed by atoms with Crippen LogP contribution in [0.25, 0.3) is 0 Å². The molecule has 3 aliphatic rings. The maximum Gasteiger partial charge on any atom is 0.353 e. The number of thioether (sulfide) groups is 1. The SMILES string of the molecule is C[C@@H](O)[C@H]1C(=O)N2C(C(=O)O)=C(S[C@@H]3CN[C@H](C(N)CNC=O)C3)[C@H](C)[C@H]12. The van der Waals surface area contributed by atoms with Crippen LogP contribution in [0.1, 0.15) is 20.3 Å². The first kappa shape index (κ1) is 20.1. The summed E-state index contributed by atoms with van der Waals surface area (Å²) < 4.78 is 0. The Labute approximate surface area is 161 Å². The van der Waals surface area contributed by atoms with Gasteiger partial charge in [0.2, 0.25) is 12.3 Å². The predicted molar refractivity (Wildman–Crippen MR) is 99.5 cm³/mol. The molecular formula is C17H26N4O5S. The van der Waals surface area contributed by atoms with Gasteiger partial charge < -0.3 is 31.5 Å². The number of fused-ring (bicyclic) bond motifs is 1. The zero-order valence-corrected chi connectivity index (χ0v) is 16.1. The van der Waals surface area contributed by atoms with Crippen molar-refractivity contribution in [2.45, 2.75) is 49.7 Å². The number of aliphatic hydroxyl groups excluding tert-OH is 1. The van der Waals surface area contributed by atoms with E-state index in [0.29, 0.717) is 24.4 Å². The second-order valence-corrected chi connectivity index (χ2v) is 8.79. The highest BCUT2D eigenvalue weighted by Crippen LogP contribution is 2.51. The number of hydrogen-bond donors (Lipinski definition) is 5. The molecule has 0 aromatic heterocycles. The summed E-state index contributed by atoms with van der Waals surface area (Å²) in [5.74, 6) is -2.12. The Morgan fingerprint density at radius 1 is 1.56 bits per heavy atom. The van der Waals surface area contributed by atoms with E-state index in [1.54, 1.807) is 6.92 Å². The van der Waals surface area contributed by atoms with E-state index in [2.05, 4.69) is 10.6 Å². The van der Waals surface area contributed by atoms with Crippen LogP contribution < -0.4 is 16.4 Å². The first-order valence-corrected chi connectivity index (χ1v) is 9.97. The lowest BCUT2D eigenvalue weighted by molar-refractivity contribution is -0.163. The van der Waals surface area contributed by atoms with Crippen LogP contribution in [0.5, 0.6) is 0 Å². The average molecular weight is 398 g/mol. The molecule has 0 aliphatic carbocycles. The van der Waals surface area contributed by atoms with Crippen LogP contribution in [0.2, 0.25) is 0 Å². The lowest BCUT2D eigenvalue weighted by atomic mass is 9.79. The van der Waals surface area contributed by atoms with Gasteiger partial charge in [-0.05, 0) is 13.3 Å². The molecule has 27 heavy (non-hydrogen) atoms. The second-order valence-electron chi connectivity index (χ2n) is 7.45. The highest BCUT2D eigenvalue weighted by Gasteiger charge is 2.60. The Morgan fingerprint density at radius 2 is 2.26 bits per heavy atom. The summed E-state index contributed by atoms with van der Waals surface area (Å²) in [5, 5.41) is 25.6. The average Bonchev–Trinajstić information content (AvgIpc) is 3.15.